The molecule has 0 atom stereocenters. The highest BCUT2D eigenvalue weighted by atomic mass is 79.9. The fourth-order valence-corrected chi connectivity index (χ4v) is 3.94. The zero-order valence-corrected chi connectivity index (χ0v) is 15.4. The summed E-state index contributed by atoms with van der Waals surface area (Å²) in [5.74, 6) is -0.0141. The first-order chi connectivity index (χ1) is 11.6. The number of fused-ring (bicyclic) bond motifs is 1. The Morgan fingerprint density at radius 1 is 1.29 bits per heavy atom. The Kier molecular flexibility index (Phi) is 3.94. The third-order valence-electron chi connectivity index (χ3n) is 4.09. The van der Waals surface area contributed by atoms with Gasteiger partial charge >= 0.3 is 0 Å². The van der Waals surface area contributed by atoms with Gasteiger partial charge in [-0.15, -0.1) is 11.3 Å². The van der Waals surface area contributed by atoms with Gasteiger partial charge in [0.2, 0.25) is 0 Å². The van der Waals surface area contributed by atoms with E-state index in [1.807, 2.05) is 24.0 Å². The predicted molar refractivity (Wildman–Crippen MR) is 99.6 cm³/mol. The molecule has 0 saturated heterocycles. The third-order valence-corrected chi connectivity index (χ3v) is 5.29. The predicted octanol–water partition coefficient (Wildman–Crippen LogP) is 4.48. The molecule has 1 aliphatic heterocycles. The fraction of sp³-hybridized carbons (Fsp3) is 0.167. The van der Waals surface area contributed by atoms with Crippen molar-refractivity contribution in [3.05, 3.63) is 62.6 Å². The first-order valence-corrected chi connectivity index (χ1v) is 9.27. The smallest absolute Gasteiger partial charge is 0.259 e. The van der Waals surface area contributed by atoms with E-state index in [1.54, 1.807) is 29.8 Å². The van der Waals surface area contributed by atoms with Crippen LogP contribution in [0.2, 0.25) is 0 Å². The van der Waals surface area contributed by atoms with Crippen molar-refractivity contribution in [2.45, 2.75) is 13.3 Å². The Morgan fingerprint density at radius 3 is 2.92 bits per heavy atom. The van der Waals surface area contributed by atoms with Crippen LogP contribution in [-0.4, -0.2) is 22.4 Å². The van der Waals surface area contributed by atoms with Crippen molar-refractivity contribution in [3.63, 3.8) is 0 Å². The standard InChI is InChI=1S/C18H14BrN3OS/c1-11-21-16(10-24-11)12-2-3-17-13(6-12)4-5-22(17)18(23)14-7-15(19)9-20-8-14/h2-3,6-10H,4-5H2,1H3. The lowest BCUT2D eigenvalue weighted by Crippen LogP contribution is -2.28. The highest BCUT2D eigenvalue weighted by Crippen LogP contribution is 2.33. The maximum atomic E-state index is 12.8. The van der Waals surface area contributed by atoms with Gasteiger partial charge in [0.15, 0.2) is 0 Å². The first-order valence-electron chi connectivity index (χ1n) is 7.59. The minimum absolute atomic E-state index is 0.0141. The molecule has 2 aromatic heterocycles. The van der Waals surface area contributed by atoms with Gasteiger partial charge in [0, 0.05) is 40.0 Å². The molecule has 24 heavy (non-hydrogen) atoms. The van der Waals surface area contributed by atoms with E-state index in [1.165, 1.54) is 5.56 Å². The van der Waals surface area contributed by atoms with Gasteiger partial charge in [-0.05, 0) is 53.0 Å². The molecule has 0 bridgehead atoms. The molecule has 120 valence electrons. The topological polar surface area (TPSA) is 46.1 Å². The molecule has 0 saturated carbocycles. The molecule has 1 amide bonds. The lowest BCUT2D eigenvalue weighted by molar-refractivity contribution is 0.0989. The monoisotopic (exact) mass is 399 g/mol. The quantitative estimate of drug-likeness (QED) is 0.637. The Hall–Kier alpha value is -2.05. The molecule has 0 radical (unpaired) electrons. The number of anilines is 1. The highest BCUT2D eigenvalue weighted by molar-refractivity contribution is 9.10. The number of benzene rings is 1. The van der Waals surface area contributed by atoms with Gasteiger partial charge in [-0.25, -0.2) is 4.98 Å². The maximum Gasteiger partial charge on any atom is 0.259 e. The van der Waals surface area contributed by atoms with Crippen molar-refractivity contribution < 1.29 is 4.79 Å². The summed E-state index contributed by atoms with van der Waals surface area (Å²) in [5.41, 5.74) is 4.87. The van der Waals surface area contributed by atoms with E-state index in [2.05, 4.69) is 37.3 Å². The summed E-state index contributed by atoms with van der Waals surface area (Å²) in [5, 5.41) is 3.13. The van der Waals surface area contributed by atoms with Gasteiger partial charge in [0.1, 0.15) is 0 Å². The zero-order valence-electron chi connectivity index (χ0n) is 13.0. The molecule has 4 nitrogen and oxygen atoms in total. The molecular formula is C18H14BrN3OS. The van der Waals surface area contributed by atoms with E-state index < -0.39 is 0 Å². The Bertz CT molecular complexity index is 938. The first kappa shape index (κ1) is 15.5. The average molecular weight is 400 g/mol. The van der Waals surface area contributed by atoms with Crippen LogP contribution >= 0.6 is 27.3 Å². The summed E-state index contributed by atoms with van der Waals surface area (Å²) >= 11 is 5.02. The summed E-state index contributed by atoms with van der Waals surface area (Å²) in [6.07, 6.45) is 4.15. The molecule has 6 heteroatoms. The second-order valence-electron chi connectivity index (χ2n) is 5.69. The number of carbonyl (C=O) groups is 1. The van der Waals surface area contributed by atoms with E-state index in [0.29, 0.717) is 12.1 Å². The second-order valence-corrected chi connectivity index (χ2v) is 7.67. The largest absolute Gasteiger partial charge is 0.308 e. The minimum atomic E-state index is -0.0141. The number of amides is 1. The number of halogens is 1. The van der Waals surface area contributed by atoms with Crippen LogP contribution in [0.3, 0.4) is 0 Å². The molecule has 1 aromatic carbocycles. The minimum Gasteiger partial charge on any atom is -0.308 e. The summed E-state index contributed by atoms with van der Waals surface area (Å²) in [6, 6.07) is 8.02. The molecule has 0 unspecified atom stereocenters. The van der Waals surface area contributed by atoms with Gasteiger partial charge < -0.3 is 4.90 Å². The summed E-state index contributed by atoms with van der Waals surface area (Å²) in [7, 11) is 0. The number of pyridine rings is 1. The van der Waals surface area contributed by atoms with Crippen molar-refractivity contribution in [3.8, 4) is 11.3 Å². The SMILES string of the molecule is Cc1nc(-c2ccc3c(c2)CCN3C(=O)c2cncc(Br)c2)cs1. The third kappa shape index (κ3) is 2.76. The number of thiazole rings is 1. The number of carbonyl (C=O) groups excluding carboxylic acids is 1. The highest BCUT2D eigenvalue weighted by Gasteiger charge is 2.26. The van der Waals surface area contributed by atoms with E-state index in [9.17, 15) is 4.79 Å². The molecule has 3 heterocycles. The van der Waals surface area contributed by atoms with Gasteiger partial charge in [0.05, 0.1) is 16.3 Å². The number of aryl methyl sites for hydroxylation is 1. The Balaban J connectivity index is 1.66. The van der Waals surface area contributed by atoms with Gasteiger partial charge in [-0.2, -0.15) is 0 Å². The van der Waals surface area contributed by atoms with Gasteiger partial charge in [-0.1, -0.05) is 6.07 Å². The molecule has 1 aliphatic rings. The molecular weight excluding hydrogens is 386 g/mol. The molecule has 0 spiro atoms. The maximum absolute atomic E-state index is 12.8. The lowest BCUT2D eigenvalue weighted by Gasteiger charge is -2.17. The Morgan fingerprint density at radius 2 is 2.17 bits per heavy atom. The van der Waals surface area contributed by atoms with E-state index in [4.69, 9.17) is 0 Å². The van der Waals surface area contributed by atoms with Crippen LogP contribution in [-0.2, 0) is 6.42 Å². The van der Waals surface area contributed by atoms with Crippen LogP contribution in [0.15, 0.2) is 46.5 Å². The summed E-state index contributed by atoms with van der Waals surface area (Å²) < 4.78 is 0.807. The van der Waals surface area contributed by atoms with Crippen molar-refractivity contribution in [1.82, 2.24) is 9.97 Å². The van der Waals surface area contributed by atoms with E-state index in [-0.39, 0.29) is 5.91 Å². The lowest BCUT2D eigenvalue weighted by atomic mass is 10.1. The summed E-state index contributed by atoms with van der Waals surface area (Å²) in [4.78, 5) is 23.2. The van der Waals surface area contributed by atoms with Crippen LogP contribution in [0.4, 0.5) is 5.69 Å². The molecule has 0 aliphatic carbocycles. The number of aromatic nitrogens is 2. The van der Waals surface area contributed by atoms with Gasteiger partial charge in [-0.3, -0.25) is 9.78 Å². The molecule has 0 fully saturated rings. The van der Waals surface area contributed by atoms with Crippen LogP contribution < -0.4 is 4.90 Å². The van der Waals surface area contributed by atoms with Crippen molar-refractivity contribution in [2.75, 3.05) is 11.4 Å². The molecule has 0 N–H and O–H groups in total. The average Bonchev–Trinajstić information content (AvgIpc) is 3.19. The molecule has 4 rings (SSSR count). The second kappa shape index (κ2) is 6.11. The normalized spacial score (nSPS) is 13.2. The van der Waals surface area contributed by atoms with Crippen LogP contribution in [0, 0.1) is 6.92 Å². The van der Waals surface area contributed by atoms with Crippen LogP contribution in [0.5, 0.6) is 0 Å². The number of hydrogen-bond donors (Lipinski definition) is 0. The fourth-order valence-electron chi connectivity index (χ4n) is 2.95. The number of hydrogen-bond acceptors (Lipinski definition) is 4. The van der Waals surface area contributed by atoms with Crippen molar-refractivity contribution >= 4 is 38.9 Å². The van der Waals surface area contributed by atoms with Crippen molar-refractivity contribution in [1.29, 1.82) is 0 Å². The number of nitrogens with zero attached hydrogens (tertiary/aromatic N) is 3. The van der Waals surface area contributed by atoms with E-state index in [0.717, 1.165) is 32.8 Å². The molecule has 3 aromatic rings. The number of rotatable bonds is 2. The van der Waals surface area contributed by atoms with Gasteiger partial charge in [0.25, 0.3) is 5.91 Å². The summed E-state index contributed by atoms with van der Waals surface area (Å²) in [6.45, 7) is 2.70. The van der Waals surface area contributed by atoms with Crippen LogP contribution in [0.1, 0.15) is 20.9 Å². The van der Waals surface area contributed by atoms with Crippen molar-refractivity contribution in [2.24, 2.45) is 0 Å². The van der Waals surface area contributed by atoms with Crippen LogP contribution in [0.25, 0.3) is 11.3 Å². The van der Waals surface area contributed by atoms with E-state index >= 15 is 0 Å². The Labute approximate surface area is 152 Å². The zero-order chi connectivity index (χ0) is 16.7.